The van der Waals surface area contributed by atoms with Crippen molar-refractivity contribution >= 4 is 40.8 Å². The Kier molecular flexibility index (Phi) is 5.61. The minimum atomic E-state index is -2.61. The van der Waals surface area contributed by atoms with Crippen LogP contribution < -0.4 is 5.32 Å². The first-order valence-corrected chi connectivity index (χ1v) is 11.2. The molecule has 1 amide bonds. The Bertz CT molecular complexity index is 1360. The fourth-order valence-corrected chi connectivity index (χ4v) is 4.86. The summed E-state index contributed by atoms with van der Waals surface area (Å²) >= 11 is 5.54. The molecule has 0 aliphatic heterocycles. The van der Waals surface area contributed by atoms with E-state index in [4.69, 9.17) is 12.4 Å². The van der Waals surface area contributed by atoms with Gasteiger partial charge in [-0.3, -0.25) is 4.40 Å². The molecule has 170 valence electrons. The SMILES string of the molecule is Cn1ccc2c(C(=O)[N+](=S)C3CCC(Nc4cccc5nc(C(F)F)cn45)CC3)ccnc21. The average Bonchev–Trinajstić information content (AvgIpc) is 3.43. The molecule has 1 saturated carbocycles. The van der Waals surface area contributed by atoms with Crippen LogP contribution in [-0.2, 0) is 19.5 Å². The van der Waals surface area contributed by atoms with Gasteiger partial charge in [0.1, 0.15) is 28.4 Å². The van der Waals surface area contributed by atoms with E-state index in [1.807, 2.05) is 29.9 Å². The number of anilines is 1. The normalized spacial score (nSPS) is 18.8. The molecule has 0 radical (unpaired) electrons. The number of halogens is 2. The highest BCUT2D eigenvalue weighted by molar-refractivity contribution is 7.44. The van der Waals surface area contributed by atoms with E-state index in [9.17, 15) is 13.6 Å². The maximum Gasteiger partial charge on any atom is 0.434 e. The molecular weight excluding hydrogens is 446 g/mol. The van der Waals surface area contributed by atoms with Crippen LogP contribution in [0.15, 0.2) is 48.9 Å². The van der Waals surface area contributed by atoms with E-state index >= 15 is 0 Å². The number of imidazole rings is 1. The summed E-state index contributed by atoms with van der Waals surface area (Å²) in [5.74, 6) is 0.549. The number of hydrogen-bond donors (Lipinski definition) is 1. The minimum absolute atomic E-state index is 0.0352. The molecule has 0 atom stereocenters. The summed E-state index contributed by atoms with van der Waals surface area (Å²) in [4.78, 5) is 21.5. The number of carbonyl (C=O) groups is 1. The van der Waals surface area contributed by atoms with Gasteiger partial charge in [0.2, 0.25) is 0 Å². The first kappa shape index (κ1) is 21.6. The van der Waals surface area contributed by atoms with Gasteiger partial charge in [-0.15, -0.1) is 0 Å². The molecule has 1 fully saturated rings. The summed E-state index contributed by atoms with van der Waals surface area (Å²) in [5.41, 5.74) is 1.56. The topological polar surface area (TPSA) is 67.2 Å². The molecule has 33 heavy (non-hydrogen) atoms. The summed E-state index contributed by atoms with van der Waals surface area (Å²) in [7, 11) is 1.89. The van der Waals surface area contributed by atoms with Crippen LogP contribution in [0.1, 0.15) is 48.2 Å². The van der Waals surface area contributed by atoms with Gasteiger partial charge in [0.05, 0.1) is 0 Å². The molecule has 1 aliphatic carbocycles. The first-order valence-electron chi connectivity index (χ1n) is 10.9. The highest BCUT2D eigenvalue weighted by Gasteiger charge is 2.35. The Morgan fingerprint density at radius 3 is 2.76 bits per heavy atom. The molecule has 4 aromatic rings. The van der Waals surface area contributed by atoms with Crippen molar-refractivity contribution in [1.29, 1.82) is 0 Å². The number of carbonyl (C=O) groups excluding carboxylic acids is 1. The molecule has 0 unspecified atom stereocenters. The Morgan fingerprint density at radius 2 is 2.00 bits per heavy atom. The number of nitrogens with zero attached hydrogens (tertiary/aromatic N) is 5. The van der Waals surface area contributed by atoms with E-state index in [1.165, 1.54) is 10.1 Å². The Morgan fingerprint density at radius 1 is 1.21 bits per heavy atom. The molecule has 0 aromatic carbocycles. The summed E-state index contributed by atoms with van der Waals surface area (Å²) in [6, 6.07) is 9.09. The number of nitrogens with one attached hydrogen (secondary N) is 1. The molecule has 7 nitrogen and oxygen atoms in total. The summed E-state index contributed by atoms with van der Waals surface area (Å²) in [5, 5.41) is 4.25. The smallest absolute Gasteiger partial charge is 0.368 e. The maximum absolute atomic E-state index is 13.1. The number of fused-ring (bicyclic) bond motifs is 2. The summed E-state index contributed by atoms with van der Waals surface area (Å²) < 4.78 is 31.1. The van der Waals surface area contributed by atoms with Gasteiger partial charge in [-0.2, -0.15) is 0 Å². The van der Waals surface area contributed by atoms with Gasteiger partial charge in [0.15, 0.2) is 6.04 Å². The number of hydrogen-bond acceptors (Lipinski definition) is 5. The fourth-order valence-electron chi connectivity index (χ4n) is 4.55. The van der Waals surface area contributed by atoms with Crippen LogP contribution >= 0.6 is 0 Å². The van der Waals surface area contributed by atoms with Crippen LogP contribution in [0.25, 0.3) is 16.7 Å². The van der Waals surface area contributed by atoms with Gasteiger partial charge in [0, 0.05) is 49.9 Å². The quantitative estimate of drug-likeness (QED) is 0.437. The maximum atomic E-state index is 13.1. The second kappa shape index (κ2) is 8.58. The first-order chi connectivity index (χ1) is 15.9. The van der Waals surface area contributed by atoms with Crippen molar-refractivity contribution in [2.45, 2.75) is 44.2 Å². The molecule has 1 aliphatic rings. The minimum Gasteiger partial charge on any atom is -0.368 e. The van der Waals surface area contributed by atoms with Crippen LogP contribution in [0.2, 0.25) is 0 Å². The number of rotatable bonds is 5. The highest BCUT2D eigenvalue weighted by Crippen LogP contribution is 2.27. The van der Waals surface area contributed by atoms with Gasteiger partial charge in [-0.25, -0.2) is 23.5 Å². The zero-order chi connectivity index (χ0) is 23.1. The highest BCUT2D eigenvalue weighted by atomic mass is 32.1. The number of aromatic nitrogens is 4. The van der Waals surface area contributed by atoms with E-state index in [2.05, 4.69) is 15.3 Å². The number of alkyl halides is 2. The number of aryl methyl sites for hydroxylation is 1. The lowest BCUT2D eigenvalue weighted by molar-refractivity contribution is -0.448. The Hall–Kier alpha value is -3.27. The predicted molar refractivity (Wildman–Crippen MR) is 122 cm³/mol. The third kappa shape index (κ3) is 3.99. The molecule has 4 aromatic heterocycles. The van der Waals surface area contributed by atoms with Crippen LogP contribution in [0.4, 0.5) is 14.6 Å². The van der Waals surface area contributed by atoms with Gasteiger partial charge in [-0.05, 0) is 37.1 Å². The Balaban J connectivity index is 1.26. The van der Waals surface area contributed by atoms with Crippen LogP contribution in [-0.4, -0.2) is 40.9 Å². The summed E-state index contributed by atoms with van der Waals surface area (Å²) in [6.45, 7) is 0. The van der Waals surface area contributed by atoms with E-state index in [-0.39, 0.29) is 23.7 Å². The molecule has 0 bridgehead atoms. The van der Waals surface area contributed by atoms with Crippen molar-refractivity contribution in [1.82, 2.24) is 18.9 Å². The number of amides is 1. The second-order valence-corrected chi connectivity index (χ2v) is 8.80. The average molecular weight is 470 g/mol. The zero-order valence-electron chi connectivity index (χ0n) is 18.0. The number of pyridine rings is 2. The van der Waals surface area contributed by atoms with Crippen molar-refractivity contribution in [3.8, 4) is 0 Å². The lowest BCUT2D eigenvalue weighted by Gasteiger charge is -2.26. The van der Waals surface area contributed by atoms with E-state index in [1.54, 1.807) is 28.8 Å². The summed E-state index contributed by atoms with van der Waals surface area (Å²) in [6.07, 6.45) is 5.43. The van der Waals surface area contributed by atoms with Crippen LogP contribution in [0.5, 0.6) is 0 Å². The lowest BCUT2D eigenvalue weighted by Crippen LogP contribution is -2.37. The van der Waals surface area contributed by atoms with Gasteiger partial charge >= 0.3 is 5.91 Å². The van der Waals surface area contributed by atoms with E-state index in [0.717, 1.165) is 42.5 Å². The van der Waals surface area contributed by atoms with Crippen molar-refractivity contribution < 1.29 is 17.5 Å². The van der Waals surface area contributed by atoms with E-state index < -0.39 is 6.43 Å². The largest absolute Gasteiger partial charge is 0.434 e. The standard InChI is InChI=1S/C23H23F2N6OS/c1-29-12-10-16-17(9-11-26-22(16)29)23(32)31(33)15-7-5-14(6-8-15)27-19-3-2-4-20-28-18(21(24)25)13-30(19)20/h2-4,9-15,21,27H,5-8H2,1H3/q+1. The third-order valence-corrected chi connectivity index (χ3v) is 6.78. The van der Waals surface area contributed by atoms with E-state index in [0.29, 0.717) is 11.2 Å². The van der Waals surface area contributed by atoms with Crippen molar-refractivity contribution in [2.24, 2.45) is 7.05 Å². The molecule has 10 heteroatoms. The molecular formula is C23H23F2N6OS+. The second-order valence-electron chi connectivity index (χ2n) is 8.41. The van der Waals surface area contributed by atoms with Crippen molar-refractivity contribution in [3.63, 3.8) is 0 Å². The molecule has 4 heterocycles. The lowest BCUT2D eigenvalue weighted by atomic mass is 9.91. The van der Waals surface area contributed by atoms with Crippen LogP contribution in [0, 0.1) is 0 Å². The fraction of sp³-hybridized carbons (Fsp3) is 0.348. The Labute approximate surface area is 194 Å². The zero-order valence-corrected chi connectivity index (χ0v) is 18.8. The molecule has 1 N–H and O–H groups in total. The molecule has 0 saturated heterocycles. The van der Waals surface area contributed by atoms with Crippen molar-refractivity contribution in [2.75, 3.05) is 5.32 Å². The molecule has 5 rings (SSSR count). The van der Waals surface area contributed by atoms with Crippen LogP contribution in [0.3, 0.4) is 0 Å². The molecule has 0 spiro atoms. The third-order valence-electron chi connectivity index (χ3n) is 6.31. The van der Waals surface area contributed by atoms with Gasteiger partial charge < -0.3 is 9.88 Å². The van der Waals surface area contributed by atoms with Crippen molar-refractivity contribution in [3.05, 3.63) is 60.2 Å². The van der Waals surface area contributed by atoms with Gasteiger partial charge in [-0.1, -0.05) is 10.0 Å². The predicted octanol–water partition coefficient (Wildman–Crippen LogP) is 4.47. The monoisotopic (exact) mass is 469 g/mol. The van der Waals surface area contributed by atoms with Gasteiger partial charge in [0.25, 0.3) is 18.9 Å².